The Labute approximate surface area is 166 Å². The molecule has 1 aromatic rings. The highest BCUT2D eigenvalue weighted by atomic mass is 32.1. The fraction of sp³-hybridized carbons (Fsp3) is 0.667. The lowest BCUT2D eigenvalue weighted by molar-refractivity contribution is -0.192. The second-order valence-electron chi connectivity index (χ2n) is 7.00. The first-order valence-electron chi connectivity index (χ1n) is 9.15. The van der Waals surface area contributed by atoms with Crippen LogP contribution in [0.25, 0.3) is 0 Å². The summed E-state index contributed by atoms with van der Waals surface area (Å²) in [6.07, 6.45) is -3.15. The van der Waals surface area contributed by atoms with Gasteiger partial charge in [0.25, 0.3) is 0 Å². The van der Waals surface area contributed by atoms with Gasteiger partial charge in [-0.1, -0.05) is 13.0 Å². The zero-order chi connectivity index (χ0) is 20.9. The molecule has 2 saturated heterocycles. The first-order valence-corrected chi connectivity index (χ1v) is 10.0. The molecular weight excluding hydrogens is 395 g/mol. The molecule has 10 heteroatoms. The third-order valence-corrected chi connectivity index (χ3v) is 6.18. The van der Waals surface area contributed by atoms with Crippen LogP contribution < -0.4 is 0 Å². The molecule has 2 fully saturated rings. The zero-order valence-electron chi connectivity index (χ0n) is 16.0. The van der Waals surface area contributed by atoms with E-state index in [0.29, 0.717) is 5.91 Å². The molecule has 6 nitrogen and oxygen atoms in total. The Bertz CT molecular complexity index is 659. The first kappa shape index (κ1) is 22.6. The van der Waals surface area contributed by atoms with Gasteiger partial charge >= 0.3 is 12.1 Å². The van der Waals surface area contributed by atoms with E-state index in [-0.39, 0.29) is 5.54 Å². The highest BCUT2D eigenvalue weighted by molar-refractivity contribution is 7.09. The number of piperazine rings is 1. The summed E-state index contributed by atoms with van der Waals surface area (Å²) in [5, 5.41) is 9.26. The van der Waals surface area contributed by atoms with Gasteiger partial charge in [-0.2, -0.15) is 13.2 Å². The van der Waals surface area contributed by atoms with Crippen LogP contribution >= 0.6 is 11.3 Å². The minimum absolute atomic E-state index is 0.228. The number of alkyl halides is 3. The van der Waals surface area contributed by atoms with Gasteiger partial charge in [0.15, 0.2) is 0 Å². The SMILES string of the molecule is CCN1CCN(C)C(=O)C12CCN(Cc1cccs1)CC2.O=C(O)C(F)(F)F. The van der Waals surface area contributed by atoms with Crippen LogP contribution in [0.3, 0.4) is 0 Å². The fourth-order valence-electron chi connectivity index (χ4n) is 3.77. The Morgan fingerprint density at radius 3 is 2.32 bits per heavy atom. The number of hydrogen-bond donors (Lipinski definition) is 1. The fourth-order valence-corrected chi connectivity index (χ4v) is 4.52. The lowest BCUT2D eigenvalue weighted by Crippen LogP contribution is -2.67. The van der Waals surface area contributed by atoms with Crippen molar-refractivity contribution >= 4 is 23.2 Å². The number of rotatable bonds is 3. The van der Waals surface area contributed by atoms with Gasteiger partial charge in [-0.25, -0.2) is 4.79 Å². The summed E-state index contributed by atoms with van der Waals surface area (Å²) in [7, 11) is 1.95. The maximum atomic E-state index is 12.8. The number of carbonyl (C=O) groups is 2. The zero-order valence-corrected chi connectivity index (χ0v) is 16.9. The summed E-state index contributed by atoms with van der Waals surface area (Å²) in [4.78, 5) is 29.9. The van der Waals surface area contributed by atoms with Crippen molar-refractivity contribution < 1.29 is 27.9 Å². The number of likely N-dealkylation sites (tertiary alicyclic amines) is 1. The van der Waals surface area contributed by atoms with Crippen molar-refractivity contribution in [1.29, 1.82) is 0 Å². The lowest BCUT2D eigenvalue weighted by atomic mass is 9.82. The third kappa shape index (κ3) is 5.24. The molecule has 2 aliphatic heterocycles. The van der Waals surface area contributed by atoms with E-state index in [1.165, 1.54) is 4.88 Å². The number of nitrogens with zero attached hydrogens (tertiary/aromatic N) is 3. The Hall–Kier alpha value is -1.65. The number of aliphatic carboxylic acids is 1. The highest BCUT2D eigenvalue weighted by Gasteiger charge is 2.49. The van der Waals surface area contributed by atoms with Crippen LogP contribution in [0.4, 0.5) is 13.2 Å². The number of amides is 1. The molecule has 1 N–H and O–H groups in total. The van der Waals surface area contributed by atoms with Crippen molar-refractivity contribution in [2.24, 2.45) is 0 Å². The molecule has 3 rings (SSSR count). The number of carboxylic acid groups (broad SMARTS) is 1. The number of carbonyl (C=O) groups excluding carboxylic acids is 1. The van der Waals surface area contributed by atoms with Gasteiger partial charge in [-0.15, -0.1) is 11.3 Å². The van der Waals surface area contributed by atoms with Crippen molar-refractivity contribution in [1.82, 2.24) is 14.7 Å². The van der Waals surface area contributed by atoms with E-state index in [1.807, 2.05) is 23.3 Å². The van der Waals surface area contributed by atoms with Crippen LogP contribution in [-0.2, 0) is 16.1 Å². The molecule has 0 saturated carbocycles. The van der Waals surface area contributed by atoms with Crippen LogP contribution in [0.5, 0.6) is 0 Å². The molecule has 0 radical (unpaired) electrons. The summed E-state index contributed by atoms with van der Waals surface area (Å²) in [5.74, 6) is -2.42. The third-order valence-electron chi connectivity index (χ3n) is 5.32. The van der Waals surface area contributed by atoms with Gasteiger partial charge in [0.1, 0.15) is 5.54 Å². The molecule has 0 unspecified atom stereocenters. The highest BCUT2D eigenvalue weighted by Crippen LogP contribution is 2.33. The van der Waals surface area contributed by atoms with E-state index in [9.17, 15) is 18.0 Å². The number of halogens is 3. The maximum absolute atomic E-state index is 12.8. The molecule has 0 aromatic carbocycles. The molecule has 1 spiro atoms. The normalized spacial score (nSPS) is 20.8. The van der Waals surface area contributed by atoms with Gasteiger partial charge in [0.2, 0.25) is 5.91 Å². The number of piperidine rings is 1. The monoisotopic (exact) mass is 421 g/mol. The average Bonchev–Trinajstić information content (AvgIpc) is 3.14. The molecule has 28 heavy (non-hydrogen) atoms. The summed E-state index contributed by atoms with van der Waals surface area (Å²) in [6, 6.07) is 4.32. The minimum Gasteiger partial charge on any atom is -0.475 e. The average molecular weight is 421 g/mol. The second kappa shape index (κ2) is 9.23. The summed E-state index contributed by atoms with van der Waals surface area (Å²) in [5.41, 5.74) is -0.228. The molecular formula is C18H26F3N3O3S. The van der Waals surface area contributed by atoms with E-state index in [0.717, 1.165) is 52.1 Å². The van der Waals surface area contributed by atoms with Crippen LogP contribution in [0, 0.1) is 0 Å². The second-order valence-corrected chi connectivity index (χ2v) is 8.03. The molecule has 0 bridgehead atoms. The number of thiophene rings is 1. The summed E-state index contributed by atoms with van der Waals surface area (Å²) >= 11 is 1.82. The van der Waals surface area contributed by atoms with E-state index in [1.54, 1.807) is 0 Å². The lowest BCUT2D eigenvalue weighted by Gasteiger charge is -2.52. The predicted molar refractivity (Wildman–Crippen MR) is 100 cm³/mol. The van der Waals surface area contributed by atoms with Crippen LogP contribution in [-0.4, -0.2) is 83.2 Å². The van der Waals surface area contributed by atoms with E-state index in [4.69, 9.17) is 9.90 Å². The van der Waals surface area contributed by atoms with Crippen molar-refractivity contribution in [2.45, 2.75) is 38.0 Å². The number of hydrogen-bond acceptors (Lipinski definition) is 5. The predicted octanol–water partition coefficient (Wildman–Crippen LogP) is 2.51. The molecule has 1 amide bonds. The molecule has 0 aliphatic carbocycles. The van der Waals surface area contributed by atoms with Crippen LogP contribution in [0.2, 0.25) is 0 Å². The topological polar surface area (TPSA) is 64.1 Å². The molecule has 3 heterocycles. The maximum Gasteiger partial charge on any atom is 0.490 e. The van der Waals surface area contributed by atoms with Gasteiger partial charge in [0, 0.05) is 44.6 Å². The summed E-state index contributed by atoms with van der Waals surface area (Å²) < 4.78 is 31.7. The quantitative estimate of drug-likeness (QED) is 0.813. The van der Waals surface area contributed by atoms with Gasteiger partial charge in [0.05, 0.1) is 0 Å². The van der Waals surface area contributed by atoms with Crippen molar-refractivity contribution in [3.8, 4) is 0 Å². The van der Waals surface area contributed by atoms with Gasteiger partial charge < -0.3 is 10.0 Å². The molecule has 0 atom stereocenters. The minimum atomic E-state index is -5.08. The van der Waals surface area contributed by atoms with Crippen LogP contribution in [0.1, 0.15) is 24.6 Å². The van der Waals surface area contributed by atoms with Crippen molar-refractivity contribution in [3.05, 3.63) is 22.4 Å². The Kier molecular flexibility index (Phi) is 7.46. The van der Waals surface area contributed by atoms with E-state index >= 15 is 0 Å². The standard InChI is InChI=1S/C16H25N3OS.C2HF3O2/c1-3-19-11-10-17(2)15(20)16(19)6-8-18(9-7-16)13-14-5-4-12-21-14;3-2(4,5)1(6)7/h4-5,12H,3,6-11,13H2,1-2H3;(H,6,7). The number of carboxylic acids is 1. The number of likely N-dealkylation sites (N-methyl/N-ethyl adjacent to an activating group) is 2. The van der Waals surface area contributed by atoms with Crippen molar-refractivity contribution in [2.75, 3.05) is 39.8 Å². The Morgan fingerprint density at radius 1 is 1.25 bits per heavy atom. The van der Waals surface area contributed by atoms with Gasteiger partial charge in [-0.3, -0.25) is 14.6 Å². The van der Waals surface area contributed by atoms with Crippen molar-refractivity contribution in [3.63, 3.8) is 0 Å². The Balaban J connectivity index is 0.000000345. The van der Waals surface area contributed by atoms with Gasteiger partial charge in [-0.05, 0) is 30.8 Å². The Morgan fingerprint density at radius 2 is 1.86 bits per heavy atom. The van der Waals surface area contributed by atoms with Crippen LogP contribution in [0.15, 0.2) is 17.5 Å². The molecule has 2 aliphatic rings. The smallest absolute Gasteiger partial charge is 0.475 e. The molecule has 158 valence electrons. The van der Waals surface area contributed by atoms with E-state index in [2.05, 4.69) is 34.2 Å². The summed E-state index contributed by atoms with van der Waals surface area (Å²) in [6.45, 7) is 8.12. The van der Waals surface area contributed by atoms with E-state index < -0.39 is 12.1 Å². The largest absolute Gasteiger partial charge is 0.490 e. The first-order chi connectivity index (χ1) is 13.1. The molecule has 1 aromatic heterocycles.